The number of hydrogen-bond donors (Lipinski definition) is 1. The summed E-state index contributed by atoms with van der Waals surface area (Å²) >= 11 is 5.93. The monoisotopic (exact) mass is 443 g/mol. The number of pyridine rings is 1. The molecule has 4 rings (SSSR count). The van der Waals surface area contributed by atoms with Crippen molar-refractivity contribution in [2.45, 2.75) is 32.7 Å². The Kier molecular flexibility index (Phi) is 6.61. The lowest BCUT2D eigenvalue weighted by atomic mass is 9.81. The summed E-state index contributed by atoms with van der Waals surface area (Å²) in [6, 6.07) is 8.97. The van der Waals surface area contributed by atoms with Crippen molar-refractivity contribution in [2.24, 2.45) is 11.8 Å². The second kappa shape index (κ2) is 9.56. The van der Waals surface area contributed by atoms with Crippen molar-refractivity contribution in [2.75, 3.05) is 19.9 Å². The average Bonchev–Trinajstić information content (AvgIpc) is 3.25. The van der Waals surface area contributed by atoms with Crippen LogP contribution in [0.15, 0.2) is 36.5 Å². The Morgan fingerprint density at radius 2 is 2.03 bits per heavy atom. The van der Waals surface area contributed by atoms with Crippen LogP contribution in [0, 0.1) is 11.8 Å². The lowest BCUT2D eigenvalue weighted by Crippen LogP contribution is -2.44. The van der Waals surface area contributed by atoms with Crippen LogP contribution in [0.1, 0.15) is 42.1 Å². The first-order valence-electron chi connectivity index (χ1n) is 10.6. The first-order valence-corrected chi connectivity index (χ1v) is 11.0. The SMILES string of the molecule is CCC1CN(C(=O)c2ccnc(Cl)c2)CCC1CC(=O)NCc1ccc2c(c1)OCO2. The second-order valence-corrected chi connectivity index (χ2v) is 8.39. The Hall–Kier alpha value is -2.80. The Bertz CT molecular complexity index is 968. The fourth-order valence-electron chi connectivity index (χ4n) is 4.28. The van der Waals surface area contributed by atoms with Gasteiger partial charge in [-0.3, -0.25) is 9.59 Å². The third kappa shape index (κ3) is 5.10. The van der Waals surface area contributed by atoms with Crippen LogP contribution in [0.25, 0.3) is 0 Å². The third-order valence-corrected chi connectivity index (χ3v) is 6.26. The molecule has 1 saturated heterocycles. The summed E-state index contributed by atoms with van der Waals surface area (Å²) in [4.78, 5) is 31.2. The third-order valence-electron chi connectivity index (χ3n) is 6.05. The molecular weight excluding hydrogens is 418 g/mol. The van der Waals surface area contributed by atoms with E-state index in [1.807, 2.05) is 23.1 Å². The van der Waals surface area contributed by atoms with Gasteiger partial charge in [-0.2, -0.15) is 0 Å². The normalized spacial score (nSPS) is 19.9. The standard InChI is InChI=1S/C23H26ClN3O4/c1-2-16-13-27(23(29)18-5-7-25-21(24)10-18)8-6-17(16)11-22(28)26-12-15-3-4-19-20(9-15)31-14-30-19/h3-5,7,9-10,16-17H,2,6,8,11-14H2,1H3,(H,26,28). The average molecular weight is 444 g/mol. The number of halogens is 1. The minimum atomic E-state index is -0.0338. The highest BCUT2D eigenvalue weighted by Crippen LogP contribution is 2.33. The molecule has 2 aromatic rings. The van der Waals surface area contributed by atoms with Crippen LogP contribution in [-0.4, -0.2) is 41.6 Å². The van der Waals surface area contributed by atoms with Crippen molar-refractivity contribution in [1.29, 1.82) is 0 Å². The van der Waals surface area contributed by atoms with Crippen molar-refractivity contribution >= 4 is 23.4 Å². The van der Waals surface area contributed by atoms with E-state index in [1.165, 1.54) is 0 Å². The Morgan fingerprint density at radius 3 is 2.84 bits per heavy atom. The van der Waals surface area contributed by atoms with Gasteiger partial charge in [-0.15, -0.1) is 0 Å². The summed E-state index contributed by atoms with van der Waals surface area (Å²) in [5.74, 6) is 1.98. The molecule has 0 saturated carbocycles. The zero-order valence-corrected chi connectivity index (χ0v) is 18.2. The predicted octanol–water partition coefficient (Wildman–Crippen LogP) is 3.66. The second-order valence-electron chi connectivity index (χ2n) is 8.00. The van der Waals surface area contributed by atoms with Gasteiger partial charge in [0.25, 0.3) is 5.91 Å². The van der Waals surface area contributed by atoms with E-state index in [-0.39, 0.29) is 30.4 Å². The van der Waals surface area contributed by atoms with Gasteiger partial charge >= 0.3 is 0 Å². The number of amides is 2. The molecule has 0 aliphatic carbocycles. The molecule has 2 aliphatic rings. The lowest BCUT2D eigenvalue weighted by Gasteiger charge is -2.38. The molecule has 164 valence electrons. The van der Waals surface area contributed by atoms with Gasteiger partial charge < -0.3 is 19.7 Å². The summed E-state index contributed by atoms with van der Waals surface area (Å²) in [6.07, 6.45) is 3.73. The summed E-state index contributed by atoms with van der Waals surface area (Å²) < 4.78 is 10.7. The molecule has 3 heterocycles. The summed E-state index contributed by atoms with van der Waals surface area (Å²) in [7, 11) is 0. The van der Waals surface area contributed by atoms with Gasteiger partial charge in [0.15, 0.2) is 11.5 Å². The number of piperidine rings is 1. The number of nitrogens with one attached hydrogen (secondary N) is 1. The number of carbonyl (C=O) groups is 2. The molecule has 7 nitrogen and oxygen atoms in total. The van der Waals surface area contributed by atoms with E-state index in [0.717, 1.165) is 24.2 Å². The minimum Gasteiger partial charge on any atom is -0.454 e. The molecule has 1 aromatic heterocycles. The number of carbonyl (C=O) groups excluding carboxylic acids is 2. The van der Waals surface area contributed by atoms with Gasteiger partial charge in [-0.25, -0.2) is 4.98 Å². The zero-order chi connectivity index (χ0) is 21.8. The molecule has 8 heteroatoms. The number of hydrogen-bond acceptors (Lipinski definition) is 5. The molecule has 2 atom stereocenters. The fraction of sp³-hybridized carbons (Fsp3) is 0.435. The van der Waals surface area contributed by atoms with Gasteiger partial charge in [0.2, 0.25) is 12.7 Å². The van der Waals surface area contributed by atoms with E-state index in [0.29, 0.717) is 42.5 Å². The van der Waals surface area contributed by atoms with E-state index in [4.69, 9.17) is 21.1 Å². The van der Waals surface area contributed by atoms with Crippen molar-refractivity contribution in [3.8, 4) is 11.5 Å². The number of rotatable bonds is 6. The maximum Gasteiger partial charge on any atom is 0.254 e. The smallest absolute Gasteiger partial charge is 0.254 e. The molecular formula is C23H26ClN3O4. The quantitative estimate of drug-likeness (QED) is 0.689. The van der Waals surface area contributed by atoms with Crippen molar-refractivity contribution in [3.63, 3.8) is 0 Å². The van der Waals surface area contributed by atoms with Gasteiger partial charge in [0, 0.05) is 37.8 Å². The highest BCUT2D eigenvalue weighted by atomic mass is 35.5. The number of fused-ring (bicyclic) bond motifs is 1. The molecule has 0 bridgehead atoms. The number of ether oxygens (including phenoxy) is 2. The largest absolute Gasteiger partial charge is 0.454 e. The van der Waals surface area contributed by atoms with E-state index >= 15 is 0 Å². The highest BCUT2D eigenvalue weighted by Gasteiger charge is 2.32. The van der Waals surface area contributed by atoms with Gasteiger partial charge in [-0.05, 0) is 48.1 Å². The first-order chi connectivity index (χ1) is 15.0. The first kappa shape index (κ1) is 21.4. The Morgan fingerprint density at radius 1 is 1.19 bits per heavy atom. The van der Waals surface area contributed by atoms with Gasteiger partial charge in [0.1, 0.15) is 5.15 Å². The maximum absolute atomic E-state index is 12.8. The number of aromatic nitrogens is 1. The van der Waals surface area contributed by atoms with Crippen LogP contribution in [-0.2, 0) is 11.3 Å². The number of nitrogens with zero attached hydrogens (tertiary/aromatic N) is 2. The summed E-state index contributed by atoms with van der Waals surface area (Å²) in [5.41, 5.74) is 1.52. The molecule has 0 radical (unpaired) electrons. The van der Waals surface area contributed by atoms with Crippen LogP contribution < -0.4 is 14.8 Å². The van der Waals surface area contributed by atoms with E-state index in [9.17, 15) is 9.59 Å². The van der Waals surface area contributed by atoms with E-state index < -0.39 is 0 Å². The fourth-order valence-corrected chi connectivity index (χ4v) is 4.45. The molecule has 31 heavy (non-hydrogen) atoms. The Labute approximate surface area is 186 Å². The highest BCUT2D eigenvalue weighted by molar-refractivity contribution is 6.29. The minimum absolute atomic E-state index is 0.0295. The molecule has 2 aliphatic heterocycles. The molecule has 2 unspecified atom stereocenters. The van der Waals surface area contributed by atoms with Crippen LogP contribution in [0.5, 0.6) is 11.5 Å². The summed E-state index contributed by atoms with van der Waals surface area (Å²) in [6.45, 7) is 4.08. The van der Waals surface area contributed by atoms with Crippen molar-refractivity contribution < 1.29 is 19.1 Å². The molecule has 2 amide bonds. The van der Waals surface area contributed by atoms with Crippen LogP contribution >= 0.6 is 11.6 Å². The Balaban J connectivity index is 1.30. The molecule has 1 aromatic carbocycles. The molecule has 1 fully saturated rings. The summed E-state index contributed by atoms with van der Waals surface area (Å²) in [5, 5.41) is 3.32. The van der Waals surface area contributed by atoms with Crippen molar-refractivity contribution in [1.82, 2.24) is 15.2 Å². The topological polar surface area (TPSA) is 80.8 Å². The van der Waals surface area contributed by atoms with Crippen LogP contribution in [0.3, 0.4) is 0 Å². The lowest BCUT2D eigenvalue weighted by molar-refractivity contribution is -0.123. The van der Waals surface area contributed by atoms with Gasteiger partial charge in [-0.1, -0.05) is 31.0 Å². The predicted molar refractivity (Wildman–Crippen MR) is 116 cm³/mol. The molecule has 1 N–H and O–H groups in total. The maximum atomic E-state index is 12.8. The van der Waals surface area contributed by atoms with Crippen molar-refractivity contribution in [3.05, 3.63) is 52.8 Å². The van der Waals surface area contributed by atoms with E-state index in [1.54, 1.807) is 18.3 Å². The van der Waals surface area contributed by atoms with E-state index in [2.05, 4.69) is 17.2 Å². The number of likely N-dealkylation sites (tertiary alicyclic amines) is 1. The molecule has 0 spiro atoms. The van der Waals surface area contributed by atoms with Gasteiger partial charge in [0.05, 0.1) is 0 Å². The number of benzene rings is 1. The van der Waals surface area contributed by atoms with Crippen LogP contribution in [0.4, 0.5) is 0 Å². The van der Waals surface area contributed by atoms with Crippen LogP contribution in [0.2, 0.25) is 5.15 Å². The zero-order valence-electron chi connectivity index (χ0n) is 17.5.